The number of rotatable bonds is 5. The summed E-state index contributed by atoms with van der Waals surface area (Å²) in [6.07, 6.45) is -4.45. The molecule has 0 saturated carbocycles. The second-order valence-electron chi connectivity index (χ2n) is 6.57. The third-order valence-corrected chi connectivity index (χ3v) is 6.62. The van der Waals surface area contributed by atoms with Crippen LogP contribution < -0.4 is 4.72 Å². The van der Waals surface area contributed by atoms with Gasteiger partial charge in [0.2, 0.25) is 10.0 Å². The maximum atomic E-state index is 12.6. The number of thioether (sulfide) groups is 1. The van der Waals surface area contributed by atoms with Gasteiger partial charge in [0.05, 0.1) is 23.6 Å². The fourth-order valence-corrected chi connectivity index (χ4v) is 5.24. The Balaban J connectivity index is 1.42. The summed E-state index contributed by atoms with van der Waals surface area (Å²) in [5, 5.41) is 2.99. The predicted octanol–water partition coefficient (Wildman–Crippen LogP) is 4.36. The largest absolute Gasteiger partial charge is 0.416 e. The molecule has 0 radical (unpaired) electrons. The lowest BCUT2D eigenvalue weighted by Crippen LogP contribution is -2.20. The number of hydrogen-bond acceptors (Lipinski definition) is 5. The summed E-state index contributed by atoms with van der Waals surface area (Å²) < 4.78 is 65.1. The van der Waals surface area contributed by atoms with Crippen LogP contribution in [-0.2, 0) is 22.0 Å². The van der Waals surface area contributed by atoms with E-state index in [1.807, 2.05) is 17.5 Å². The molecule has 4 rings (SSSR count). The molecule has 0 saturated heterocycles. The van der Waals surface area contributed by atoms with Crippen molar-refractivity contribution in [2.45, 2.75) is 11.9 Å². The molecule has 2 heterocycles. The van der Waals surface area contributed by atoms with Gasteiger partial charge in [0.1, 0.15) is 0 Å². The van der Waals surface area contributed by atoms with Crippen molar-refractivity contribution in [2.75, 3.05) is 17.8 Å². The molecule has 2 aromatic rings. The predicted molar refractivity (Wildman–Crippen MR) is 109 cm³/mol. The van der Waals surface area contributed by atoms with Crippen LogP contribution in [0.15, 0.2) is 58.9 Å². The molecule has 29 heavy (non-hydrogen) atoms. The summed E-state index contributed by atoms with van der Waals surface area (Å²) in [5.74, 6) is -0.414. The van der Waals surface area contributed by atoms with Gasteiger partial charge < -0.3 is 4.90 Å². The minimum Gasteiger partial charge on any atom is -0.318 e. The number of hydrogen-bond donors (Lipinski definition) is 1. The molecule has 0 bridgehead atoms. The van der Waals surface area contributed by atoms with Gasteiger partial charge in [-0.25, -0.2) is 8.42 Å². The number of aliphatic imine (C=N–C) groups is 1. The van der Waals surface area contributed by atoms with Crippen LogP contribution in [0.3, 0.4) is 0 Å². The highest BCUT2D eigenvalue weighted by Gasteiger charge is 2.30. The summed E-state index contributed by atoms with van der Waals surface area (Å²) in [5.41, 5.74) is 1.84. The van der Waals surface area contributed by atoms with Gasteiger partial charge in [0, 0.05) is 17.6 Å². The fraction of sp³-hybridized carbons (Fsp3) is 0.211. The summed E-state index contributed by atoms with van der Waals surface area (Å²) in [6.45, 7) is 1.59. The van der Waals surface area contributed by atoms with E-state index in [0.717, 1.165) is 41.7 Å². The topological polar surface area (TPSA) is 61.8 Å². The lowest BCUT2D eigenvalue weighted by Gasteiger charge is -2.17. The quantitative estimate of drug-likeness (QED) is 0.752. The Morgan fingerprint density at radius 2 is 1.76 bits per heavy atom. The number of fused-ring (bicyclic) bond motifs is 1. The highest BCUT2D eigenvalue weighted by molar-refractivity contribution is 8.16. The van der Waals surface area contributed by atoms with Crippen LogP contribution in [0.4, 0.5) is 18.9 Å². The number of sulfonamides is 1. The minimum atomic E-state index is -4.45. The van der Waals surface area contributed by atoms with E-state index in [4.69, 9.17) is 0 Å². The van der Waals surface area contributed by atoms with E-state index in [2.05, 4.69) is 14.6 Å². The average Bonchev–Trinajstić information content (AvgIpc) is 3.25. The number of nitrogens with zero attached hydrogens (tertiary/aromatic N) is 2. The molecular formula is C19H16F3N3O2S2. The monoisotopic (exact) mass is 439 g/mol. The first-order valence-electron chi connectivity index (χ1n) is 8.67. The zero-order valence-electron chi connectivity index (χ0n) is 15.0. The van der Waals surface area contributed by atoms with Gasteiger partial charge in [-0.3, -0.25) is 9.71 Å². The van der Waals surface area contributed by atoms with Crippen LogP contribution in [0.1, 0.15) is 16.7 Å². The van der Waals surface area contributed by atoms with Crippen molar-refractivity contribution in [1.82, 2.24) is 4.90 Å². The number of alkyl halides is 3. The molecule has 0 amide bonds. The standard InChI is InChI=1S/C19H16F3N3O2S2/c20-19(21,22)15-5-1-13(2-6-15)12-29(26,27)24-16-7-3-14(4-8-16)17-11-28-18-23-9-10-25(17)18/h1-8,11,24H,9-10,12H2. The second kappa shape index (κ2) is 7.42. The van der Waals surface area contributed by atoms with E-state index >= 15 is 0 Å². The number of benzene rings is 2. The van der Waals surface area contributed by atoms with Crippen molar-refractivity contribution in [1.29, 1.82) is 0 Å². The number of amidine groups is 1. The van der Waals surface area contributed by atoms with Gasteiger partial charge in [-0.1, -0.05) is 36.0 Å². The summed E-state index contributed by atoms with van der Waals surface area (Å²) in [7, 11) is -3.76. The zero-order valence-corrected chi connectivity index (χ0v) is 16.6. The number of anilines is 1. The summed E-state index contributed by atoms with van der Waals surface area (Å²) in [6, 6.07) is 11.1. The lowest BCUT2D eigenvalue weighted by molar-refractivity contribution is -0.137. The maximum Gasteiger partial charge on any atom is 0.416 e. The van der Waals surface area contributed by atoms with E-state index in [1.165, 1.54) is 12.1 Å². The molecule has 2 aromatic carbocycles. The third-order valence-electron chi connectivity index (χ3n) is 4.46. The SMILES string of the molecule is O=S(=O)(Cc1ccc(C(F)(F)F)cc1)Nc1ccc(C2=CSC3=NCCN23)cc1. The lowest BCUT2D eigenvalue weighted by atomic mass is 10.1. The molecule has 0 fully saturated rings. The maximum absolute atomic E-state index is 12.6. The Morgan fingerprint density at radius 1 is 1.07 bits per heavy atom. The van der Waals surface area contributed by atoms with E-state index < -0.39 is 27.5 Å². The van der Waals surface area contributed by atoms with Crippen molar-refractivity contribution in [3.63, 3.8) is 0 Å². The molecule has 10 heteroatoms. The Morgan fingerprint density at radius 3 is 2.41 bits per heavy atom. The zero-order chi connectivity index (χ0) is 20.6. The molecular weight excluding hydrogens is 423 g/mol. The van der Waals surface area contributed by atoms with Crippen molar-refractivity contribution in [3.8, 4) is 0 Å². The normalized spacial score (nSPS) is 16.4. The molecule has 0 aliphatic carbocycles. The van der Waals surface area contributed by atoms with Gasteiger partial charge in [-0.05, 0) is 35.4 Å². The van der Waals surface area contributed by atoms with Crippen molar-refractivity contribution >= 4 is 38.3 Å². The summed E-state index contributed by atoms with van der Waals surface area (Å²) >= 11 is 1.57. The van der Waals surface area contributed by atoms with Crippen molar-refractivity contribution < 1.29 is 21.6 Å². The molecule has 0 aromatic heterocycles. The van der Waals surface area contributed by atoms with E-state index in [0.29, 0.717) is 5.69 Å². The Kier molecular flexibility index (Phi) is 5.07. The van der Waals surface area contributed by atoms with Gasteiger partial charge in [0.25, 0.3) is 0 Å². The first-order valence-corrected chi connectivity index (χ1v) is 11.2. The molecule has 2 aliphatic rings. The molecule has 152 valence electrons. The van der Waals surface area contributed by atoms with Gasteiger partial charge >= 0.3 is 6.18 Å². The summed E-state index contributed by atoms with van der Waals surface area (Å²) in [4.78, 5) is 6.52. The molecule has 0 spiro atoms. The van der Waals surface area contributed by atoms with Crippen LogP contribution in [-0.4, -0.2) is 31.6 Å². The fourth-order valence-electron chi connectivity index (χ4n) is 3.08. The first kappa shape index (κ1) is 19.8. The smallest absolute Gasteiger partial charge is 0.318 e. The van der Waals surface area contributed by atoms with Crippen LogP contribution in [0.2, 0.25) is 0 Å². The van der Waals surface area contributed by atoms with E-state index in [-0.39, 0.29) is 5.56 Å². The highest BCUT2D eigenvalue weighted by atomic mass is 32.2. The number of nitrogens with one attached hydrogen (secondary N) is 1. The first-order chi connectivity index (χ1) is 13.7. The molecule has 0 unspecified atom stereocenters. The minimum absolute atomic E-state index is 0.274. The van der Waals surface area contributed by atoms with E-state index in [9.17, 15) is 21.6 Å². The molecule has 2 aliphatic heterocycles. The third kappa shape index (κ3) is 4.43. The Bertz CT molecular complexity index is 1080. The van der Waals surface area contributed by atoms with Crippen LogP contribution in [0, 0.1) is 0 Å². The number of halogens is 3. The van der Waals surface area contributed by atoms with Crippen LogP contribution in [0.5, 0.6) is 0 Å². The highest BCUT2D eigenvalue weighted by Crippen LogP contribution is 2.35. The Labute approximate surface area is 170 Å². The van der Waals surface area contributed by atoms with Crippen molar-refractivity contribution in [3.05, 3.63) is 70.6 Å². The van der Waals surface area contributed by atoms with Gasteiger partial charge in [0.15, 0.2) is 5.17 Å². The van der Waals surface area contributed by atoms with Gasteiger partial charge in [-0.15, -0.1) is 0 Å². The van der Waals surface area contributed by atoms with Crippen molar-refractivity contribution in [2.24, 2.45) is 4.99 Å². The van der Waals surface area contributed by atoms with Crippen LogP contribution >= 0.6 is 11.8 Å². The molecule has 5 nitrogen and oxygen atoms in total. The average molecular weight is 439 g/mol. The van der Waals surface area contributed by atoms with Crippen LogP contribution in [0.25, 0.3) is 5.70 Å². The van der Waals surface area contributed by atoms with Gasteiger partial charge in [-0.2, -0.15) is 13.2 Å². The molecule has 1 N–H and O–H groups in total. The Hall–Kier alpha value is -2.46. The second-order valence-corrected chi connectivity index (χ2v) is 9.13. The molecule has 0 atom stereocenters. The van der Waals surface area contributed by atoms with E-state index in [1.54, 1.807) is 23.9 Å².